The molecule has 2 aromatic rings. The summed E-state index contributed by atoms with van der Waals surface area (Å²) in [4.78, 5) is 16.4. The van der Waals surface area contributed by atoms with Crippen molar-refractivity contribution in [2.24, 2.45) is 5.92 Å². The van der Waals surface area contributed by atoms with Crippen molar-refractivity contribution in [1.29, 1.82) is 0 Å². The normalized spacial score (nSPS) is 22.7. The first-order valence-electron chi connectivity index (χ1n) is 8.87. The molecule has 2 aliphatic heterocycles. The van der Waals surface area contributed by atoms with Crippen molar-refractivity contribution in [3.05, 3.63) is 36.3 Å². The van der Waals surface area contributed by atoms with Crippen LogP contribution in [0.2, 0.25) is 0 Å². The zero-order chi connectivity index (χ0) is 19.0. The maximum atomic E-state index is 13.0. The molecule has 2 fully saturated rings. The van der Waals surface area contributed by atoms with Crippen LogP contribution in [0.25, 0.3) is 0 Å². The third-order valence-corrected chi connectivity index (χ3v) is 5.34. The number of anilines is 2. The van der Waals surface area contributed by atoms with Crippen LogP contribution in [-0.4, -0.2) is 47.7 Å². The quantitative estimate of drug-likeness (QED) is 0.817. The monoisotopic (exact) mass is 379 g/mol. The molecule has 0 bridgehead atoms. The second kappa shape index (κ2) is 6.86. The van der Waals surface area contributed by atoms with E-state index in [0.29, 0.717) is 30.7 Å². The van der Waals surface area contributed by atoms with Crippen molar-refractivity contribution < 1.29 is 17.9 Å². The molecule has 6 nitrogen and oxygen atoms in total. The molecule has 0 N–H and O–H groups in total. The topological polar surface area (TPSA) is 54.4 Å². The Balaban J connectivity index is 1.57. The average molecular weight is 379 g/mol. The zero-order valence-corrected chi connectivity index (χ0v) is 14.9. The molecular formula is C18H20F3N5O. The summed E-state index contributed by atoms with van der Waals surface area (Å²) in [5.41, 5.74) is -0.850. The van der Waals surface area contributed by atoms with Crippen LogP contribution in [0.1, 0.15) is 18.5 Å². The minimum atomic E-state index is -4.44. The Bertz CT molecular complexity index is 816. The van der Waals surface area contributed by atoms with Gasteiger partial charge in [0.15, 0.2) is 0 Å². The molecule has 0 aliphatic carbocycles. The van der Waals surface area contributed by atoms with Crippen molar-refractivity contribution in [1.82, 2.24) is 15.0 Å². The van der Waals surface area contributed by atoms with Gasteiger partial charge in [-0.15, -0.1) is 0 Å². The Labute approximate surface area is 155 Å². The Morgan fingerprint density at radius 1 is 1.11 bits per heavy atom. The van der Waals surface area contributed by atoms with E-state index in [1.54, 1.807) is 19.2 Å². The predicted molar refractivity (Wildman–Crippen MR) is 93.9 cm³/mol. The van der Waals surface area contributed by atoms with Crippen LogP contribution in [-0.2, 0) is 6.18 Å². The summed E-state index contributed by atoms with van der Waals surface area (Å²) in [6.07, 6.45) is -1.05. The molecule has 0 spiro atoms. The Kier molecular flexibility index (Phi) is 4.53. The lowest BCUT2D eigenvalue weighted by Gasteiger charge is -2.39. The molecule has 144 valence electrons. The molecular weight excluding hydrogens is 359 g/mol. The maximum Gasteiger partial charge on any atom is 0.433 e. The van der Waals surface area contributed by atoms with Gasteiger partial charge in [-0.1, -0.05) is 6.07 Å². The molecule has 2 unspecified atom stereocenters. The summed E-state index contributed by atoms with van der Waals surface area (Å²) in [6.45, 7) is 2.25. The summed E-state index contributed by atoms with van der Waals surface area (Å²) >= 11 is 0. The van der Waals surface area contributed by atoms with Crippen LogP contribution in [0.15, 0.2) is 30.6 Å². The highest BCUT2D eigenvalue weighted by Gasteiger charge is 2.40. The standard InChI is InChI=1S/C18H20F3N5O/c1-27-17-9-16(22-11-23-17)25-7-5-12-6-8-26(13(12)10-25)15-4-2-3-14(24-15)18(19,20)21/h2-4,9,11-13H,5-8,10H2,1H3. The Morgan fingerprint density at radius 3 is 2.70 bits per heavy atom. The van der Waals surface area contributed by atoms with Crippen LogP contribution >= 0.6 is 0 Å². The van der Waals surface area contributed by atoms with Crippen molar-refractivity contribution >= 4 is 11.6 Å². The fraction of sp³-hybridized carbons (Fsp3) is 0.500. The number of ether oxygens (including phenoxy) is 1. The number of halogens is 3. The molecule has 2 aliphatic rings. The van der Waals surface area contributed by atoms with Gasteiger partial charge in [-0.2, -0.15) is 13.2 Å². The number of rotatable bonds is 3. The molecule has 0 aromatic carbocycles. The van der Waals surface area contributed by atoms with Crippen LogP contribution in [0.4, 0.5) is 24.8 Å². The first-order valence-corrected chi connectivity index (χ1v) is 8.87. The SMILES string of the molecule is COc1cc(N2CCC3CCN(c4cccc(C(F)(F)F)n4)C3C2)ncn1. The largest absolute Gasteiger partial charge is 0.481 e. The van der Waals surface area contributed by atoms with Gasteiger partial charge in [0.25, 0.3) is 0 Å². The minimum absolute atomic E-state index is 0.107. The van der Waals surface area contributed by atoms with Crippen molar-refractivity contribution in [3.8, 4) is 5.88 Å². The summed E-state index contributed by atoms with van der Waals surface area (Å²) in [5.74, 6) is 2.09. The van der Waals surface area contributed by atoms with E-state index >= 15 is 0 Å². The number of alkyl halides is 3. The summed E-state index contributed by atoms with van der Waals surface area (Å²) in [7, 11) is 1.55. The summed E-state index contributed by atoms with van der Waals surface area (Å²) in [6, 6.07) is 5.98. The van der Waals surface area contributed by atoms with E-state index in [1.807, 2.05) is 4.90 Å². The third kappa shape index (κ3) is 3.50. The van der Waals surface area contributed by atoms with E-state index < -0.39 is 11.9 Å². The fourth-order valence-electron chi connectivity index (χ4n) is 3.99. The smallest absolute Gasteiger partial charge is 0.433 e. The van der Waals surface area contributed by atoms with Gasteiger partial charge < -0.3 is 14.5 Å². The molecule has 27 heavy (non-hydrogen) atoms. The molecule has 2 aromatic heterocycles. The second-order valence-electron chi connectivity index (χ2n) is 6.84. The lowest BCUT2D eigenvalue weighted by Crippen LogP contribution is -2.49. The molecule has 0 amide bonds. The number of fused-ring (bicyclic) bond motifs is 1. The van der Waals surface area contributed by atoms with Crippen LogP contribution in [0.3, 0.4) is 0 Å². The molecule has 0 saturated carbocycles. The van der Waals surface area contributed by atoms with E-state index in [1.165, 1.54) is 12.4 Å². The third-order valence-electron chi connectivity index (χ3n) is 5.34. The average Bonchev–Trinajstić information content (AvgIpc) is 3.10. The predicted octanol–water partition coefficient (Wildman–Crippen LogP) is 3.00. The number of hydrogen-bond donors (Lipinski definition) is 0. The highest BCUT2D eigenvalue weighted by atomic mass is 19.4. The Morgan fingerprint density at radius 2 is 1.93 bits per heavy atom. The number of pyridine rings is 1. The van der Waals surface area contributed by atoms with Gasteiger partial charge in [-0.05, 0) is 30.9 Å². The molecule has 2 saturated heterocycles. The molecule has 2 atom stereocenters. The lowest BCUT2D eigenvalue weighted by atomic mass is 9.92. The lowest BCUT2D eigenvalue weighted by molar-refractivity contribution is -0.141. The van der Waals surface area contributed by atoms with E-state index in [4.69, 9.17) is 4.74 Å². The maximum absolute atomic E-state index is 13.0. The minimum Gasteiger partial charge on any atom is -0.481 e. The second-order valence-corrected chi connectivity index (χ2v) is 6.84. The van der Waals surface area contributed by atoms with Gasteiger partial charge in [-0.25, -0.2) is 15.0 Å². The number of nitrogens with zero attached hydrogens (tertiary/aromatic N) is 5. The fourth-order valence-corrected chi connectivity index (χ4v) is 3.99. The van der Waals surface area contributed by atoms with E-state index in [2.05, 4.69) is 19.9 Å². The van der Waals surface area contributed by atoms with Gasteiger partial charge in [-0.3, -0.25) is 0 Å². The molecule has 4 heterocycles. The van der Waals surface area contributed by atoms with E-state index in [9.17, 15) is 13.2 Å². The van der Waals surface area contributed by atoms with Gasteiger partial charge in [0.2, 0.25) is 5.88 Å². The van der Waals surface area contributed by atoms with Crippen molar-refractivity contribution in [2.75, 3.05) is 36.5 Å². The number of piperidine rings is 1. The first kappa shape index (κ1) is 17.8. The highest BCUT2D eigenvalue weighted by Crippen LogP contribution is 2.37. The number of aromatic nitrogens is 3. The molecule has 9 heteroatoms. The first-order chi connectivity index (χ1) is 13.0. The van der Waals surface area contributed by atoms with Crippen LogP contribution in [0, 0.1) is 5.92 Å². The van der Waals surface area contributed by atoms with E-state index in [0.717, 1.165) is 31.3 Å². The van der Waals surface area contributed by atoms with Gasteiger partial charge in [0.05, 0.1) is 13.2 Å². The summed E-state index contributed by atoms with van der Waals surface area (Å²) in [5, 5.41) is 0. The number of hydrogen-bond acceptors (Lipinski definition) is 6. The van der Waals surface area contributed by atoms with Gasteiger partial charge in [0, 0.05) is 25.7 Å². The Hall–Kier alpha value is -2.58. The van der Waals surface area contributed by atoms with Gasteiger partial charge >= 0.3 is 6.18 Å². The van der Waals surface area contributed by atoms with E-state index in [-0.39, 0.29) is 6.04 Å². The summed E-state index contributed by atoms with van der Waals surface area (Å²) < 4.78 is 44.2. The van der Waals surface area contributed by atoms with Gasteiger partial charge in [0.1, 0.15) is 23.7 Å². The van der Waals surface area contributed by atoms with Crippen LogP contribution < -0.4 is 14.5 Å². The molecule has 0 radical (unpaired) electrons. The van der Waals surface area contributed by atoms with Crippen LogP contribution in [0.5, 0.6) is 5.88 Å². The number of methoxy groups -OCH3 is 1. The van der Waals surface area contributed by atoms with Crippen molar-refractivity contribution in [3.63, 3.8) is 0 Å². The zero-order valence-electron chi connectivity index (χ0n) is 14.9. The van der Waals surface area contributed by atoms with Crippen molar-refractivity contribution in [2.45, 2.75) is 25.1 Å². The molecule has 4 rings (SSSR count). The highest BCUT2D eigenvalue weighted by molar-refractivity contribution is 5.47.